The zero-order valence-corrected chi connectivity index (χ0v) is 11.4. The maximum Gasteiger partial charge on any atom is 0.137 e. The molecule has 0 spiro atoms. The molecule has 90 valence electrons. The lowest BCUT2D eigenvalue weighted by Crippen LogP contribution is -2.07. The van der Waals surface area contributed by atoms with Crippen molar-refractivity contribution in [1.82, 2.24) is 9.97 Å². The molecule has 3 nitrogen and oxygen atoms in total. The van der Waals surface area contributed by atoms with Crippen LogP contribution >= 0.6 is 23.4 Å². The number of unbranched alkanes of at least 4 members (excludes halogenated alkanes) is 1. The topological polar surface area (TPSA) is 37.8 Å². The highest BCUT2D eigenvalue weighted by atomic mass is 35.5. The Bertz CT molecular complexity index is 320. The molecule has 0 fully saturated rings. The molecule has 0 bridgehead atoms. The standard InChI is InChI=1S/C11H18ClN3S/c1-3-9-10(12)14-8-15-11(9)13-6-4-5-7-16-2/h8H,3-7H2,1-2H3,(H,13,14,15). The van der Waals surface area contributed by atoms with Gasteiger partial charge in [-0.1, -0.05) is 18.5 Å². The van der Waals surface area contributed by atoms with Crippen molar-refractivity contribution in [1.29, 1.82) is 0 Å². The molecular formula is C11H18ClN3S. The van der Waals surface area contributed by atoms with Gasteiger partial charge in [-0.2, -0.15) is 11.8 Å². The van der Waals surface area contributed by atoms with Crippen LogP contribution in [0, 0.1) is 0 Å². The summed E-state index contributed by atoms with van der Waals surface area (Å²) in [4.78, 5) is 8.20. The first-order valence-corrected chi connectivity index (χ1v) is 7.29. The molecule has 1 N–H and O–H groups in total. The fourth-order valence-corrected chi connectivity index (χ4v) is 2.19. The average molecular weight is 260 g/mol. The van der Waals surface area contributed by atoms with E-state index < -0.39 is 0 Å². The van der Waals surface area contributed by atoms with Gasteiger partial charge in [-0.25, -0.2) is 9.97 Å². The molecule has 0 saturated heterocycles. The summed E-state index contributed by atoms with van der Waals surface area (Å²) in [5.74, 6) is 2.10. The zero-order valence-electron chi connectivity index (χ0n) is 9.79. The van der Waals surface area contributed by atoms with E-state index >= 15 is 0 Å². The van der Waals surface area contributed by atoms with Crippen LogP contribution in [0.25, 0.3) is 0 Å². The number of anilines is 1. The third-order valence-corrected chi connectivity index (χ3v) is 3.34. The van der Waals surface area contributed by atoms with Gasteiger partial charge in [0.25, 0.3) is 0 Å². The van der Waals surface area contributed by atoms with Crippen molar-refractivity contribution in [2.24, 2.45) is 0 Å². The number of rotatable bonds is 7. The smallest absolute Gasteiger partial charge is 0.137 e. The highest BCUT2D eigenvalue weighted by Crippen LogP contribution is 2.19. The molecule has 0 atom stereocenters. The maximum absolute atomic E-state index is 6.00. The van der Waals surface area contributed by atoms with Crippen LogP contribution < -0.4 is 5.32 Å². The minimum Gasteiger partial charge on any atom is -0.370 e. The quantitative estimate of drug-likeness (QED) is 0.603. The van der Waals surface area contributed by atoms with E-state index in [9.17, 15) is 0 Å². The summed E-state index contributed by atoms with van der Waals surface area (Å²) in [7, 11) is 0. The molecular weight excluding hydrogens is 242 g/mol. The maximum atomic E-state index is 6.00. The van der Waals surface area contributed by atoms with Crippen molar-refractivity contribution >= 4 is 29.2 Å². The van der Waals surface area contributed by atoms with E-state index in [1.54, 1.807) is 0 Å². The van der Waals surface area contributed by atoms with E-state index in [1.165, 1.54) is 18.5 Å². The lowest BCUT2D eigenvalue weighted by molar-refractivity contribution is 0.836. The van der Waals surface area contributed by atoms with Gasteiger partial charge in [-0.05, 0) is 31.3 Å². The molecule has 0 radical (unpaired) electrons. The number of hydrogen-bond acceptors (Lipinski definition) is 4. The lowest BCUT2D eigenvalue weighted by Gasteiger charge is -2.09. The first kappa shape index (κ1) is 13.6. The third-order valence-electron chi connectivity index (χ3n) is 2.31. The van der Waals surface area contributed by atoms with E-state index in [-0.39, 0.29) is 0 Å². The Morgan fingerprint density at radius 3 is 2.88 bits per heavy atom. The van der Waals surface area contributed by atoms with Crippen LogP contribution in [-0.4, -0.2) is 28.5 Å². The summed E-state index contributed by atoms with van der Waals surface area (Å²) in [6.07, 6.45) is 6.88. The number of aromatic nitrogens is 2. The minimum absolute atomic E-state index is 0.559. The van der Waals surface area contributed by atoms with Crippen LogP contribution in [0.15, 0.2) is 6.33 Å². The van der Waals surface area contributed by atoms with Crippen molar-refractivity contribution in [3.63, 3.8) is 0 Å². The van der Waals surface area contributed by atoms with Crippen molar-refractivity contribution in [2.75, 3.05) is 23.9 Å². The number of hydrogen-bond donors (Lipinski definition) is 1. The molecule has 0 aromatic carbocycles. The van der Waals surface area contributed by atoms with Crippen LogP contribution in [-0.2, 0) is 6.42 Å². The van der Waals surface area contributed by atoms with Crippen molar-refractivity contribution in [3.8, 4) is 0 Å². The molecule has 1 aromatic rings. The predicted octanol–water partition coefficient (Wildman–Crippen LogP) is 3.25. The molecule has 1 heterocycles. The van der Waals surface area contributed by atoms with Crippen molar-refractivity contribution in [3.05, 3.63) is 17.0 Å². The Labute approximate surface area is 106 Å². The largest absolute Gasteiger partial charge is 0.370 e. The predicted molar refractivity (Wildman–Crippen MR) is 72.5 cm³/mol. The van der Waals surface area contributed by atoms with E-state index in [1.807, 2.05) is 11.8 Å². The Morgan fingerprint density at radius 1 is 1.38 bits per heavy atom. The minimum atomic E-state index is 0.559. The SMILES string of the molecule is CCc1c(Cl)ncnc1NCCCCSC. The molecule has 1 aromatic heterocycles. The van der Waals surface area contributed by atoms with Crippen molar-refractivity contribution in [2.45, 2.75) is 26.2 Å². The molecule has 0 aliphatic carbocycles. The van der Waals surface area contributed by atoms with Gasteiger partial charge in [0.05, 0.1) is 0 Å². The molecule has 0 amide bonds. The Morgan fingerprint density at radius 2 is 2.19 bits per heavy atom. The Kier molecular flexibility index (Phi) is 6.57. The van der Waals surface area contributed by atoms with Gasteiger partial charge in [0, 0.05) is 12.1 Å². The fraction of sp³-hybridized carbons (Fsp3) is 0.636. The highest BCUT2D eigenvalue weighted by Gasteiger charge is 2.06. The summed E-state index contributed by atoms with van der Waals surface area (Å²) in [6.45, 7) is 3.00. The zero-order chi connectivity index (χ0) is 11.8. The summed E-state index contributed by atoms with van der Waals surface area (Å²) >= 11 is 7.88. The second-order valence-corrected chi connectivity index (χ2v) is 4.82. The first-order valence-electron chi connectivity index (χ1n) is 5.51. The third kappa shape index (κ3) is 4.18. The van der Waals surface area contributed by atoms with Gasteiger partial charge in [0.2, 0.25) is 0 Å². The average Bonchev–Trinajstić information content (AvgIpc) is 2.29. The Balaban J connectivity index is 2.44. The molecule has 0 aliphatic heterocycles. The van der Waals surface area contributed by atoms with Crippen LogP contribution in [0.1, 0.15) is 25.3 Å². The number of halogens is 1. The second kappa shape index (κ2) is 7.74. The van der Waals surface area contributed by atoms with E-state index in [0.717, 1.165) is 30.8 Å². The molecule has 0 unspecified atom stereocenters. The molecule has 0 saturated carbocycles. The molecule has 16 heavy (non-hydrogen) atoms. The number of nitrogens with one attached hydrogen (secondary N) is 1. The summed E-state index contributed by atoms with van der Waals surface area (Å²) < 4.78 is 0. The van der Waals surface area contributed by atoms with Gasteiger partial charge in [0.15, 0.2) is 0 Å². The van der Waals surface area contributed by atoms with E-state index in [2.05, 4.69) is 28.5 Å². The monoisotopic (exact) mass is 259 g/mol. The Hall–Kier alpha value is -0.480. The fourth-order valence-electron chi connectivity index (χ4n) is 1.43. The van der Waals surface area contributed by atoms with Crippen LogP contribution in [0.3, 0.4) is 0 Å². The van der Waals surface area contributed by atoms with E-state index in [0.29, 0.717) is 5.15 Å². The summed E-state index contributed by atoms with van der Waals surface area (Å²) in [6, 6.07) is 0. The summed E-state index contributed by atoms with van der Waals surface area (Å²) in [5, 5.41) is 3.88. The van der Waals surface area contributed by atoms with Crippen LogP contribution in [0.2, 0.25) is 5.15 Å². The molecule has 0 aliphatic rings. The summed E-state index contributed by atoms with van der Waals surface area (Å²) in [5.41, 5.74) is 1.01. The normalized spacial score (nSPS) is 10.4. The van der Waals surface area contributed by atoms with Gasteiger partial charge >= 0.3 is 0 Å². The van der Waals surface area contributed by atoms with Crippen LogP contribution in [0.5, 0.6) is 0 Å². The van der Waals surface area contributed by atoms with Gasteiger partial charge in [-0.3, -0.25) is 0 Å². The molecule has 5 heteroatoms. The van der Waals surface area contributed by atoms with Gasteiger partial charge in [-0.15, -0.1) is 0 Å². The number of thioether (sulfide) groups is 1. The second-order valence-electron chi connectivity index (χ2n) is 3.47. The molecule has 1 rings (SSSR count). The van der Waals surface area contributed by atoms with Crippen molar-refractivity contribution < 1.29 is 0 Å². The first-order chi connectivity index (χ1) is 7.79. The van der Waals surface area contributed by atoms with Gasteiger partial charge in [0.1, 0.15) is 17.3 Å². The lowest BCUT2D eigenvalue weighted by atomic mass is 10.2. The van der Waals surface area contributed by atoms with E-state index in [4.69, 9.17) is 11.6 Å². The van der Waals surface area contributed by atoms with Gasteiger partial charge < -0.3 is 5.32 Å². The number of nitrogens with zero attached hydrogens (tertiary/aromatic N) is 2. The highest BCUT2D eigenvalue weighted by molar-refractivity contribution is 7.98. The van der Waals surface area contributed by atoms with Crippen LogP contribution in [0.4, 0.5) is 5.82 Å².